The highest BCUT2D eigenvalue weighted by atomic mass is 35.5. The number of amides is 1. The van der Waals surface area contributed by atoms with Crippen molar-refractivity contribution in [3.8, 4) is 0 Å². The molecule has 3 rings (SSSR count). The van der Waals surface area contributed by atoms with Gasteiger partial charge in [-0.15, -0.1) is 0 Å². The van der Waals surface area contributed by atoms with E-state index in [-0.39, 0.29) is 10.9 Å². The smallest absolute Gasteiger partial charge is 0.253 e. The second-order valence-corrected chi connectivity index (χ2v) is 6.50. The van der Waals surface area contributed by atoms with Crippen LogP contribution in [-0.2, 0) is 0 Å². The van der Waals surface area contributed by atoms with Gasteiger partial charge >= 0.3 is 0 Å². The number of carbonyl (C=O) groups is 1. The highest BCUT2D eigenvalue weighted by Crippen LogP contribution is 2.52. The molecule has 20 heavy (non-hydrogen) atoms. The largest absolute Gasteiger partial charge is 0.338 e. The summed E-state index contributed by atoms with van der Waals surface area (Å²) in [5.74, 6) is 1.34. The van der Waals surface area contributed by atoms with E-state index in [4.69, 9.17) is 11.6 Å². The lowest BCUT2D eigenvalue weighted by Crippen LogP contribution is -2.33. The number of hydrogen-bond acceptors (Lipinski definition) is 2. The molecule has 1 aromatic carbocycles. The van der Waals surface area contributed by atoms with Crippen LogP contribution in [0.5, 0.6) is 0 Å². The summed E-state index contributed by atoms with van der Waals surface area (Å²) in [6, 6.07) is 4.26. The second-order valence-electron chi connectivity index (χ2n) is 6.09. The molecule has 0 N–H and O–H groups in total. The number of hydrogen-bond donors (Lipinski definition) is 0. The van der Waals surface area contributed by atoms with Gasteiger partial charge in [0.1, 0.15) is 5.82 Å². The molecule has 1 unspecified atom stereocenters. The van der Waals surface area contributed by atoms with Gasteiger partial charge in [-0.05, 0) is 50.0 Å². The van der Waals surface area contributed by atoms with Crippen LogP contribution in [0.4, 0.5) is 4.39 Å². The summed E-state index contributed by atoms with van der Waals surface area (Å²) in [4.78, 5) is 16.3. The third-order valence-corrected chi connectivity index (χ3v) is 4.71. The number of nitrogens with zero attached hydrogens (tertiary/aromatic N) is 2. The van der Waals surface area contributed by atoms with Gasteiger partial charge in [0, 0.05) is 25.2 Å². The minimum atomic E-state index is -0.535. The van der Waals surface area contributed by atoms with Crippen molar-refractivity contribution in [2.45, 2.75) is 0 Å². The Morgan fingerprint density at radius 1 is 1.40 bits per heavy atom. The highest BCUT2D eigenvalue weighted by molar-refractivity contribution is 6.30. The van der Waals surface area contributed by atoms with Gasteiger partial charge in [-0.1, -0.05) is 11.6 Å². The van der Waals surface area contributed by atoms with E-state index < -0.39 is 5.82 Å². The molecule has 3 atom stereocenters. The molecule has 2 fully saturated rings. The molecule has 108 valence electrons. The fourth-order valence-electron chi connectivity index (χ4n) is 3.32. The molecular formula is C15H18ClFN2O. The van der Waals surface area contributed by atoms with Gasteiger partial charge in [0.15, 0.2) is 0 Å². The van der Waals surface area contributed by atoms with Crippen molar-refractivity contribution in [2.75, 3.05) is 33.7 Å². The van der Waals surface area contributed by atoms with Crippen LogP contribution in [0.3, 0.4) is 0 Å². The number of halogens is 2. The van der Waals surface area contributed by atoms with E-state index in [1.54, 1.807) is 6.07 Å². The average Bonchev–Trinajstić information content (AvgIpc) is 2.86. The second kappa shape index (κ2) is 5.01. The highest BCUT2D eigenvalue weighted by Gasteiger charge is 2.56. The van der Waals surface area contributed by atoms with Crippen LogP contribution in [0.1, 0.15) is 10.4 Å². The molecule has 5 heteroatoms. The third kappa shape index (κ3) is 2.42. The quantitative estimate of drug-likeness (QED) is 0.855. The number of piperidine rings is 1. The molecule has 1 aliphatic carbocycles. The number of carbonyl (C=O) groups excluding carboxylic acids is 1. The maximum absolute atomic E-state index is 13.4. The molecule has 3 nitrogen and oxygen atoms in total. The van der Waals surface area contributed by atoms with Crippen LogP contribution < -0.4 is 0 Å². The summed E-state index contributed by atoms with van der Waals surface area (Å²) >= 11 is 5.64. The number of fused-ring (bicyclic) bond motifs is 1. The maximum atomic E-state index is 13.4. The Kier molecular flexibility index (Phi) is 3.46. The predicted molar refractivity (Wildman–Crippen MR) is 76.3 cm³/mol. The number of likely N-dealkylation sites (tertiary alicyclic amines) is 1. The first-order chi connectivity index (χ1) is 9.47. The molecule has 0 aromatic heterocycles. The molecule has 1 aliphatic heterocycles. The molecule has 1 saturated heterocycles. The summed E-state index contributed by atoms with van der Waals surface area (Å²) in [5.41, 5.74) is 0.386. The van der Waals surface area contributed by atoms with Crippen LogP contribution in [0, 0.1) is 23.6 Å². The van der Waals surface area contributed by atoms with E-state index in [1.807, 2.05) is 4.90 Å². The van der Waals surface area contributed by atoms with Gasteiger partial charge in [-0.3, -0.25) is 4.79 Å². The summed E-state index contributed by atoms with van der Waals surface area (Å²) in [5, 5.41) is 0.0527. The van der Waals surface area contributed by atoms with Gasteiger partial charge in [0.05, 0.1) is 5.02 Å². The molecular weight excluding hydrogens is 279 g/mol. The Balaban J connectivity index is 1.62. The predicted octanol–water partition coefficient (Wildman–Crippen LogP) is 2.36. The Morgan fingerprint density at radius 2 is 2.05 bits per heavy atom. The molecule has 0 radical (unpaired) electrons. The van der Waals surface area contributed by atoms with Gasteiger partial charge in [-0.25, -0.2) is 4.39 Å². The zero-order chi connectivity index (χ0) is 14.4. The first-order valence-corrected chi connectivity index (χ1v) is 7.24. The normalized spacial score (nSPS) is 27.9. The zero-order valence-corrected chi connectivity index (χ0v) is 12.4. The molecule has 0 bridgehead atoms. The van der Waals surface area contributed by atoms with Crippen molar-refractivity contribution in [3.63, 3.8) is 0 Å². The lowest BCUT2D eigenvalue weighted by Gasteiger charge is -2.21. The van der Waals surface area contributed by atoms with Gasteiger partial charge < -0.3 is 9.80 Å². The van der Waals surface area contributed by atoms with E-state index in [2.05, 4.69) is 19.0 Å². The molecule has 1 amide bonds. The Hall–Kier alpha value is -1.13. The summed E-state index contributed by atoms with van der Waals surface area (Å²) in [7, 11) is 4.15. The van der Waals surface area contributed by atoms with Crippen molar-refractivity contribution in [1.29, 1.82) is 0 Å². The van der Waals surface area contributed by atoms with Gasteiger partial charge in [0.25, 0.3) is 5.91 Å². The standard InChI is InChI=1S/C15H18ClFN2O/c1-18(2)6-10-11-7-19(8-12(10)11)15(20)9-3-4-13(16)14(17)5-9/h3-5,10-12H,6-8H2,1-2H3/t10?,11-,12+. The van der Waals surface area contributed by atoms with Crippen molar-refractivity contribution in [1.82, 2.24) is 9.80 Å². The topological polar surface area (TPSA) is 23.6 Å². The maximum Gasteiger partial charge on any atom is 0.253 e. The van der Waals surface area contributed by atoms with Crippen LogP contribution in [0.2, 0.25) is 5.02 Å². The van der Waals surface area contributed by atoms with Crippen LogP contribution in [-0.4, -0.2) is 49.4 Å². The summed E-state index contributed by atoms with van der Waals surface area (Å²) in [6.45, 7) is 2.69. The van der Waals surface area contributed by atoms with Crippen LogP contribution >= 0.6 is 11.6 Å². The van der Waals surface area contributed by atoms with Crippen molar-refractivity contribution < 1.29 is 9.18 Å². The number of rotatable bonds is 3. The van der Waals surface area contributed by atoms with Crippen LogP contribution in [0.15, 0.2) is 18.2 Å². The third-order valence-electron chi connectivity index (χ3n) is 4.40. The zero-order valence-electron chi connectivity index (χ0n) is 11.6. The Bertz CT molecular complexity index is 537. The lowest BCUT2D eigenvalue weighted by atomic mass is 10.1. The first kappa shape index (κ1) is 13.8. The molecule has 1 saturated carbocycles. The van der Waals surface area contributed by atoms with Crippen molar-refractivity contribution in [3.05, 3.63) is 34.6 Å². The monoisotopic (exact) mass is 296 g/mol. The lowest BCUT2D eigenvalue weighted by molar-refractivity contribution is 0.0765. The van der Waals surface area contributed by atoms with E-state index in [9.17, 15) is 9.18 Å². The average molecular weight is 297 g/mol. The van der Waals surface area contributed by atoms with Gasteiger partial charge in [-0.2, -0.15) is 0 Å². The fourth-order valence-corrected chi connectivity index (χ4v) is 3.44. The van der Waals surface area contributed by atoms with E-state index in [1.165, 1.54) is 12.1 Å². The van der Waals surface area contributed by atoms with E-state index in [0.29, 0.717) is 17.4 Å². The van der Waals surface area contributed by atoms with E-state index >= 15 is 0 Å². The van der Waals surface area contributed by atoms with Crippen LogP contribution in [0.25, 0.3) is 0 Å². The SMILES string of the molecule is CN(C)CC1[C@H]2CN(C(=O)c3ccc(Cl)c(F)c3)C[C@@H]12. The fraction of sp³-hybridized carbons (Fsp3) is 0.533. The summed E-state index contributed by atoms with van der Waals surface area (Å²) < 4.78 is 13.4. The Morgan fingerprint density at radius 3 is 2.60 bits per heavy atom. The van der Waals surface area contributed by atoms with Gasteiger partial charge in [0.2, 0.25) is 0 Å². The molecule has 2 aliphatic rings. The minimum absolute atomic E-state index is 0.0527. The summed E-state index contributed by atoms with van der Waals surface area (Å²) in [6.07, 6.45) is 0. The first-order valence-electron chi connectivity index (χ1n) is 6.86. The van der Waals surface area contributed by atoms with Crippen molar-refractivity contribution in [2.24, 2.45) is 17.8 Å². The molecule has 1 aromatic rings. The van der Waals surface area contributed by atoms with Crippen molar-refractivity contribution >= 4 is 17.5 Å². The molecule has 0 spiro atoms. The molecule has 1 heterocycles. The Labute approximate surface area is 123 Å². The van der Waals surface area contributed by atoms with E-state index in [0.717, 1.165) is 25.6 Å². The minimum Gasteiger partial charge on any atom is -0.338 e. The number of benzene rings is 1.